The Morgan fingerprint density at radius 3 is 1.60 bits per heavy atom. The van der Waals surface area contributed by atoms with Crippen LogP contribution in [-0.2, 0) is 19.1 Å². The van der Waals surface area contributed by atoms with Gasteiger partial charge in [0.15, 0.2) is 0 Å². The third kappa shape index (κ3) is 23.1. The fraction of sp³-hybridized carbons (Fsp3) is 0.933. The van der Waals surface area contributed by atoms with Crippen molar-refractivity contribution in [3.05, 3.63) is 0 Å². The molecule has 0 rings (SSSR count). The minimum Gasteiger partial charge on any atom is -0.466 e. The van der Waals surface area contributed by atoms with Crippen molar-refractivity contribution < 1.29 is 19.1 Å². The molecule has 0 N–H and O–H groups in total. The molecule has 0 aliphatic heterocycles. The average molecular weight is 498 g/mol. The smallest absolute Gasteiger partial charge is 0.305 e. The molecule has 0 radical (unpaired) electrons. The lowest BCUT2D eigenvalue weighted by molar-refractivity contribution is -0.145. The highest BCUT2D eigenvalue weighted by Gasteiger charge is 2.11. The fourth-order valence-electron chi connectivity index (χ4n) is 4.29. The van der Waals surface area contributed by atoms with Crippen molar-refractivity contribution in [2.45, 2.75) is 149 Å². The number of carbonyl (C=O) groups is 2. The monoisotopic (exact) mass is 497 g/mol. The Morgan fingerprint density at radius 2 is 1.11 bits per heavy atom. The van der Waals surface area contributed by atoms with Gasteiger partial charge in [-0.1, -0.05) is 90.9 Å². The van der Waals surface area contributed by atoms with Gasteiger partial charge in [0.25, 0.3) is 0 Å². The van der Waals surface area contributed by atoms with Crippen LogP contribution in [-0.4, -0.2) is 49.7 Å². The molecule has 0 aromatic carbocycles. The van der Waals surface area contributed by atoms with Crippen molar-refractivity contribution in [2.75, 3.05) is 26.8 Å². The predicted octanol–water partition coefficient (Wildman–Crippen LogP) is 8.09. The molecule has 208 valence electrons. The Balaban J connectivity index is 3.63. The Bertz CT molecular complexity index is 485. The van der Waals surface area contributed by atoms with E-state index in [4.69, 9.17) is 9.47 Å². The maximum Gasteiger partial charge on any atom is 0.305 e. The van der Waals surface area contributed by atoms with Gasteiger partial charge in [-0.3, -0.25) is 9.59 Å². The van der Waals surface area contributed by atoms with Gasteiger partial charge in [0.2, 0.25) is 0 Å². The maximum absolute atomic E-state index is 12.1. The van der Waals surface area contributed by atoms with Crippen LogP contribution in [0.1, 0.15) is 143 Å². The van der Waals surface area contributed by atoms with Crippen molar-refractivity contribution in [3.8, 4) is 0 Å². The fourth-order valence-corrected chi connectivity index (χ4v) is 4.29. The van der Waals surface area contributed by atoms with Crippen LogP contribution in [0.25, 0.3) is 0 Å². The van der Waals surface area contributed by atoms with Crippen LogP contribution in [0.5, 0.6) is 0 Å². The normalized spacial score (nSPS) is 11.5. The summed E-state index contributed by atoms with van der Waals surface area (Å²) in [5.41, 5.74) is 0. The van der Waals surface area contributed by atoms with Gasteiger partial charge in [0.05, 0.1) is 13.2 Å². The molecular weight excluding hydrogens is 438 g/mol. The number of hydrogen-bond acceptors (Lipinski definition) is 5. The molecule has 5 heteroatoms. The van der Waals surface area contributed by atoms with E-state index in [1.54, 1.807) is 0 Å². The summed E-state index contributed by atoms with van der Waals surface area (Å²) < 4.78 is 10.9. The van der Waals surface area contributed by atoms with Crippen LogP contribution in [0, 0.1) is 5.92 Å². The number of esters is 2. The number of nitrogens with zero attached hydrogens (tertiary/aromatic N) is 1. The molecule has 35 heavy (non-hydrogen) atoms. The quantitative estimate of drug-likeness (QED) is 0.0942. The van der Waals surface area contributed by atoms with Crippen LogP contribution in [0.4, 0.5) is 0 Å². The topological polar surface area (TPSA) is 55.8 Å². The predicted molar refractivity (Wildman–Crippen MR) is 148 cm³/mol. The molecule has 0 aromatic rings. The lowest BCUT2D eigenvalue weighted by Crippen LogP contribution is -2.28. The van der Waals surface area contributed by atoms with Crippen LogP contribution in [0.15, 0.2) is 0 Å². The van der Waals surface area contributed by atoms with Crippen LogP contribution < -0.4 is 0 Å². The molecule has 0 unspecified atom stereocenters. The molecule has 5 nitrogen and oxygen atoms in total. The van der Waals surface area contributed by atoms with E-state index in [1.165, 1.54) is 51.4 Å². The molecule has 0 heterocycles. The average Bonchev–Trinajstić information content (AvgIpc) is 2.83. The Morgan fingerprint density at radius 1 is 0.629 bits per heavy atom. The third-order valence-corrected chi connectivity index (χ3v) is 7.03. The summed E-state index contributed by atoms with van der Waals surface area (Å²) in [6.45, 7) is 10.9. The zero-order valence-corrected chi connectivity index (χ0v) is 24.1. The molecule has 0 bridgehead atoms. The van der Waals surface area contributed by atoms with E-state index in [1.807, 2.05) is 0 Å². The van der Waals surface area contributed by atoms with Gasteiger partial charge in [0.1, 0.15) is 0 Å². The molecule has 0 spiro atoms. The van der Waals surface area contributed by atoms with Crippen LogP contribution in [0.3, 0.4) is 0 Å². The molecule has 0 aliphatic carbocycles. The van der Waals surface area contributed by atoms with E-state index < -0.39 is 0 Å². The molecule has 0 amide bonds. The van der Waals surface area contributed by atoms with E-state index in [0.29, 0.717) is 38.0 Å². The zero-order valence-electron chi connectivity index (χ0n) is 24.1. The van der Waals surface area contributed by atoms with Crippen LogP contribution >= 0.6 is 0 Å². The van der Waals surface area contributed by atoms with Gasteiger partial charge in [0, 0.05) is 25.4 Å². The van der Waals surface area contributed by atoms with Crippen molar-refractivity contribution in [1.29, 1.82) is 0 Å². The summed E-state index contributed by atoms with van der Waals surface area (Å²) in [5, 5.41) is 0. The standard InChI is InChI=1S/C30H59NO4/c1-6-8-14-19-28(20-15-9-7-2)23-26-35-30(33)22-17-13-11-10-12-16-21-29(32)34-25-18-24-31(5)27(3)4/h27-28H,6-26H2,1-5H3. The van der Waals surface area contributed by atoms with Crippen molar-refractivity contribution in [3.63, 3.8) is 0 Å². The molecule has 0 aromatic heterocycles. The zero-order chi connectivity index (χ0) is 26.2. The second-order valence-electron chi connectivity index (χ2n) is 10.6. The lowest BCUT2D eigenvalue weighted by Gasteiger charge is -2.20. The van der Waals surface area contributed by atoms with Gasteiger partial charge >= 0.3 is 11.9 Å². The molecule has 0 aliphatic rings. The molecule has 0 saturated heterocycles. The number of unbranched alkanes of at least 4 members (excludes halogenated alkanes) is 9. The minimum absolute atomic E-state index is 0.0341. The maximum atomic E-state index is 12.1. The van der Waals surface area contributed by atoms with Gasteiger partial charge in [-0.2, -0.15) is 0 Å². The highest BCUT2D eigenvalue weighted by molar-refractivity contribution is 5.69. The highest BCUT2D eigenvalue weighted by Crippen LogP contribution is 2.21. The van der Waals surface area contributed by atoms with Crippen molar-refractivity contribution in [2.24, 2.45) is 5.92 Å². The van der Waals surface area contributed by atoms with Gasteiger partial charge in [-0.15, -0.1) is 0 Å². The summed E-state index contributed by atoms with van der Waals surface area (Å²) in [7, 11) is 2.09. The molecule has 0 atom stereocenters. The van der Waals surface area contributed by atoms with Crippen molar-refractivity contribution >= 4 is 11.9 Å². The van der Waals surface area contributed by atoms with E-state index in [2.05, 4.69) is 39.6 Å². The lowest BCUT2D eigenvalue weighted by atomic mass is 9.92. The van der Waals surface area contributed by atoms with Crippen molar-refractivity contribution in [1.82, 2.24) is 4.90 Å². The Labute approximate surface area is 218 Å². The first kappa shape index (κ1) is 33.9. The Hall–Kier alpha value is -1.10. The summed E-state index contributed by atoms with van der Waals surface area (Å²) in [5.74, 6) is 0.607. The minimum atomic E-state index is -0.0714. The van der Waals surface area contributed by atoms with Gasteiger partial charge < -0.3 is 14.4 Å². The molecular formula is C30H59NO4. The number of ether oxygens (including phenoxy) is 2. The first-order valence-corrected chi connectivity index (χ1v) is 14.9. The van der Waals surface area contributed by atoms with E-state index in [-0.39, 0.29) is 11.9 Å². The van der Waals surface area contributed by atoms with E-state index in [0.717, 1.165) is 57.9 Å². The summed E-state index contributed by atoms with van der Waals surface area (Å²) >= 11 is 0. The Kier molecular flexibility index (Phi) is 23.8. The summed E-state index contributed by atoms with van der Waals surface area (Å²) in [6, 6.07) is 0.523. The first-order valence-electron chi connectivity index (χ1n) is 14.9. The third-order valence-electron chi connectivity index (χ3n) is 7.03. The highest BCUT2D eigenvalue weighted by atomic mass is 16.5. The number of hydrogen-bond donors (Lipinski definition) is 0. The largest absolute Gasteiger partial charge is 0.466 e. The second-order valence-corrected chi connectivity index (χ2v) is 10.6. The van der Waals surface area contributed by atoms with Gasteiger partial charge in [-0.05, 0) is 52.5 Å². The molecule has 0 fully saturated rings. The van der Waals surface area contributed by atoms with E-state index in [9.17, 15) is 9.59 Å². The molecule has 0 saturated carbocycles. The van der Waals surface area contributed by atoms with Crippen LogP contribution in [0.2, 0.25) is 0 Å². The SMILES string of the molecule is CCCCCC(CCCCC)CCOC(=O)CCCCCCCCC(=O)OCCCN(C)C(C)C. The number of carbonyl (C=O) groups excluding carboxylic acids is 2. The van der Waals surface area contributed by atoms with E-state index >= 15 is 0 Å². The van der Waals surface area contributed by atoms with Gasteiger partial charge in [-0.25, -0.2) is 0 Å². The number of rotatable bonds is 25. The second kappa shape index (κ2) is 24.6. The first-order chi connectivity index (χ1) is 16.9. The summed E-state index contributed by atoms with van der Waals surface area (Å²) in [4.78, 5) is 26.1. The summed E-state index contributed by atoms with van der Waals surface area (Å²) in [6.07, 6.45) is 19.4.